The van der Waals surface area contributed by atoms with Gasteiger partial charge in [-0.15, -0.1) is 0 Å². The molecule has 0 aliphatic rings. The summed E-state index contributed by atoms with van der Waals surface area (Å²) in [6, 6.07) is 0. The Morgan fingerprint density at radius 3 is 2.10 bits per heavy atom. The van der Waals surface area contributed by atoms with Crippen molar-refractivity contribution in [2.24, 2.45) is 0 Å². The van der Waals surface area contributed by atoms with Gasteiger partial charge in [0.15, 0.2) is 0 Å². The fraction of sp³-hybridized carbons (Fsp3) is 1.00. The molecule has 0 saturated heterocycles. The van der Waals surface area contributed by atoms with Crippen molar-refractivity contribution >= 4 is 0 Å². The van der Waals surface area contributed by atoms with Crippen molar-refractivity contribution in [3.05, 3.63) is 0 Å². The second kappa shape index (κ2) is 5.59. The van der Waals surface area contributed by atoms with Crippen molar-refractivity contribution in [1.82, 2.24) is 0 Å². The fourth-order valence-electron chi connectivity index (χ4n) is 0.738. The molecule has 10 heavy (non-hydrogen) atoms. The normalized spacial score (nSPS) is 14.1. The maximum Gasteiger partial charge on any atom is 0.238 e. The Balaban J connectivity index is 2.91. The van der Waals surface area contributed by atoms with E-state index in [-0.39, 0.29) is 12.5 Å². The van der Waals surface area contributed by atoms with Crippen LogP contribution < -0.4 is 0 Å². The van der Waals surface area contributed by atoms with Crippen LogP contribution in [0.25, 0.3) is 0 Å². The van der Waals surface area contributed by atoms with Crippen LogP contribution in [0.1, 0.15) is 32.6 Å². The van der Waals surface area contributed by atoms with Crippen LogP contribution in [0.15, 0.2) is 0 Å². The van der Waals surface area contributed by atoms with Gasteiger partial charge in [-0.1, -0.05) is 6.42 Å². The maximum absolute atomic E-state index is 11.5. The lowest BCUT2D eigenvalue weighted by Crippen LogP contribution is -1.99. The van der Waals surface area contributed by atoms with Crippen LogP contribution in [0.2, 0.25) is 0 Å². The molecule has 62 valence electrons. The zero-order valence-electron chi connectivity index (χ0n) is 6.19. The second-order valence-electron chi connectivity index (χ2n) is 2.52. The molecule has 1 atom stereocenters. The molecule has 0 radical (unpaired) electrons. The van der Waals surface area contributed by atoms with E-state index in [1.54, 1.807) is 6.92 Å². The van der Waals surface area contributed by atoms with Crippen LogP contribution in [-0.2, 0) is 0 Å². The third kappa shape index (κ3) is 7.82. The number of hydrogen-bond donors (Lipinski definition) is 1. The summed E-state index contributed by atoms with van der Waals surface area (Å²) in [5.41, 5.74) is 0. The molecule has 3 heteroatoms. The van der Waals surface area contributed by atoms with Gasteiger partial charge in [0.2, 0.25) is 6.43 Å². The zero-order valence-corrected chi connectivity index (χ0v) is 6.19. The Bertz CT molecular complexity index is 64.0. The maximum atomic E-state index is 11.5. The lowest BCUT2D eigenvalue weighted by atomic mass is 10.1. The van der Waals surface area contributed by atoms with E-state index in [1.807, 2.05) is 0 Å². The molecule has 0 aliphatic carbocycles. The van der Waals surface area contributed by atoms with E-state index in [0.717, 1.165) is 0 Å². The quantitative estimate of drug-likeness (QED) is 0.599. The van der Waals surface area contributed by atoms with Crippen molar-refractivity contribution in [3.8, 4) is 0 Å². The van der Waals surface area contributed by atoms with Crippen LogP contribution in [0.3, 0.4) is 0 Å². The Hall–Kier alpha value is -0.180. The topological polar surface area (TPSA) is 20.2 Å². The molecular formula is C7H14F2O. The van der Waals surface area contributed by atoms with E-state index in [1.165, 1.54) is 0 Å². The summed E-state index contributed by atoms with van der Waals surface area (Å²) >= 11 is 0. The van der Waals surface area contributed by atoms with E-state index in [9.17, 15) is 8.78 Å². The van der Waals surface area contributed by atoms with Crippen molar-refractivity contribution in [2.75, 3.05) is 0 Å². The van der Waals surface area contributed by atoms with E-state index < -0.39 is 6.43 Å². The highest BCUT2D eigenvalue weighted by molar-refractivity contribution is 4.49. The van der Waals surface area contributed by atoms with Crippen LogP contribution >= 0.6 is 0 Å². The van der Waals surface area contributed by atoms with Gasteiger partial charge >= 0.3 is 0 Å². The minimum Gasteiger partial charge on any atom is -0.393 e. The lowest BCUT2D eigenvalue weighted by molar-refractivity contribution is 0.128. The monoisotopic (exact) mass is 152 g/mol. The van der Waals surface area contributed by atoms with E-state index in [2.05, 4.69) is 0 Å². The highest BCUT2D eigenvalue weighted by Crippen LogP contribution is 2.08. The summed E-state index contributed by atoms with van der Waals surface area (Å²) in [7, 11) is 0. The number of rotatable bonds is 5. The van der Waals surface area contributed by atoms with Crippen molar-refractivity contribution in [3.63, 3.8) is 0 Å². The van der Waals surface area contributed by atoms with Crippen molar-refractivity contribution in [2.45, 2.75) is 45.1 Å². The minimum absolute atomic E-state index is 0.0350. The van der Waals surface area contributed by atoms with Gasteiger partial charge < -0.3 is 5.11 Å². The molecular weight excluding hydrogens is 138 g/mol. The molecule has 0 spiro atoms. The summed E-state index contributed by atoms with van der Waals surface area (Å²) in [5, 5.41) is 8.73. The Labute approximate surface area is 60.1 Å². The van der Waals surface area contributed by atoms with Crippen molar-refractivity contribution in [1.29, 1.82) is 0 Å². The van der Waals surface area contributed by atoms with Gasteiger partial charge in [0.1, 0.15) is 0 Å². The zero-order chi connectivity index (χ0) is 7.98. The first-order chi connectivity index (χ1) is 4.63. The van der Waals surface area contributed by atoms with E-state index in [4.69, 9.17) is 5.11 Å². The average molecular weight is 152 g/mol. The smallest absolute Gasteiger partial charge is 0.238 e. The summed E-state index contributed by atoms with van der Waals surface area (Å²) in [4.78, 5) is 0. The van der Waals surface area contributed by atoms with Crippen LogP contribution in [-0.4, -0.2) is 17.6 Å². The molecule has 1 N–H and O–H groups in total. The molecule has 0 aliphatic heterocycles. The standard InChI is InChI=1S/C7H14F2O/c1-6(10)4-2-3-5-7(8)9/h6-7,10H,2-5H2,1H3. The first-order valence-corrected chi connectivity index (χ1v) is 3.59. The van der Waals surface area contributed by atoms with E-state index in [0.29, 0.717) is 19.3 Å². The SMILES string of the molecule is CC(O)CCCCC(F)F. The van der Waals surface area contributed by atoms with Gasteiger partial charge in [0.25, 0.3) is 0 Å². The molecule has 0 aromatic carbocycles. The predicted octanol–water partition coefficient (Wildman–Crippen LogP) is 2.19. The van der Waals surface area contributed by atoms with Gasteiger partial charge in [-0.05, 0) is 19.8 Å². The number of halogens is 2. The number of unbranched alkanes of at least 4 members (excludes halogenated alkanes) is 1. The minimum atomic E-state index is -2.19. The number of alkyl halides is 2. The van der Waals surface area contributed by atoms with Crippen LogP contribution in [0.5, 0.6) is 0 Å². The number of aliphatic hydroxyl groups excluding tert-OH is 1. The van der Waals surface area contributed by atoms with Gasteiger partial charge in [0.05, 0.1) is 6.10 Å². The van der Waals surface area contributed by atoms with Gasteiger partial charge in [-0.2, -0.15) is 0 Å². The van der Waals surface area contributed by atoms with Gasteiger partial charge in [-0.3, -0.25) is 0 Å². The second-order valence-corrected chi connectivity index (χ2v) is 2.52. The fourth-order valence-corrected chi connectivity index (χ4v) is 0.738. The van der Waals surface area contributed by atoms with Gasteiger partial charge in [0, 0.05) is 6.42 Å². The van der Waals surface area contributed by atoms with Crippen molar-refractivity contribution < 1.29 is 13.9 Å². The Morgan fingerprint density at radius 2 is 1.70 bits per heavy atom. The molecule has 0 aromatic heterocycles. The highest BCUT2D eigenvalue weighted by Gasteiger charge is 2.01. The summed E-state index contributed by atoms with van der Waals surface area (Å²) in [5.74, 6) is 0. The Kier molecular flexibility index (Phi) is 5.49. The summed E-state index contributed by atoms with van der Waals surface area (Å²) in [6.07, 6.45) is -0.726. The van der Waals surface area contributed by atoms with Crippen LogP contribution in [0, 0.1) is 0 Å². The van der Waals surface area contributed by atoms with Crippen LogP contribution in [0.4, 0.5) is 8.78 Å². The lowest BCUT2D eigenvalue weighted by Gasteiger charge is -2.02. The molecule has 0 amide bonds. The molecule has 1 nitrogen and oxygen atoms in total. The summed E-state index contributed by atoms with van der Waals surface area (Å²) in [6.45, 7) is 1.67. The molecule has 0 fully saturated rings. The third-order valence-electron chi connectivity index (χ3n) is 1.29. The molecule has 1 unspecified atom stereocenters. The highest BCUT2D eigenvalue weighted by atomic mass is 19.3. The Morgan fingerprint density at radius 1 is 1.20 bits per heavy atom. The third-order valence-corrected chi connectivity index (χ3v) is 1.29. The molecule has 0 bridgehead atoms. The number of aliphatic hydroxyl groups is 1. The molecule has 0 heterocycles. The average Bonchev–Trinajstić information content (AvgIpc) is 1.79. The molecule has 0 saturated carbocycles. The van der Waals surface area contributed by atoms with E-state index >= 15 is 0 Å². The van der Waals surface area contributed by atoms with Gasteiger partial charge in [-0.25, -0.2) is 8.78 Å². The number of hydrogen-bond acceptors (Lipinski definition) is 1. The first kappa shape index (κ1) is 9.82. The summed E-state index contributed by atoms with van der Waals surface area (Å²) < 4.78 is 23.0. The molecule has 0 aromatic rings. The largest absolute Gasteiger partial charge is 0.393 e. The first-order valence-electron chi connectivity index (χ1n) is 3.59. The molecule has 0 rings (SSSR count). The predicted molar refractivity (Wildman–Crippen MR) is 36.2 cm³/mol.